The number of esters is 2. The van der Waals surface area contributed by atoms with Crippen LogP contribution in [-0.4, -0.2) is 49.0 Å². The second-order valence-corrected chi connectivity index (χ2v) is 5.76. The Hall–Kier alpha value is -1.44. The quantitative estimate of drug-likeness (QED) is 0.571. The average Bonchev–Trinajstić information content (AvgIpc) is 2.56. The molecule has 0 unspecified atom stereocenters. The van der Waals surface area contributed by atoms with Gasteiger partial charge in [0.15, 0.2) is 12.4 Å². The van der Waals surface area contributed by atoms with Crippen LogP contribution >= 0.6 is 15.9 Å². The van der Waals surface area contributed by atoms with Crippen LogP contribution in [0.2, 0.25) is 0 Å². The monoisotopic (exact) mass is 386 g/mol. The first-order valence-electron chi connectivity index (χ1n) is 7.22. The van der Waals surface area contributed by atoms with Crippen molar-refractivity contribution < 1.29 is 28.5 Å². The Morgan fingerprint density at radius 3 is 2.52 bits per heavy atom. The number of ether oxygens (including phenoxy) is 4. The fourth-order valence-electron chi connectivity index (χ4n) is 2.41. The Balaban J connectivity index is 2.16. The van der Waals surface area contributed by atoms with E-state index in [0.717, 1.165) is 0 Å². The zero-order valence-corrected chi connectivity index (χ0v) is 14.5. The lowest BCUT2D eigenvalue weighted by atomic mass is 10.0. The van der Waals surface area contributed by atoms with Gasteiger partial charge in [-0.2, -0.15) is 0 Å². The van der Waals surface area contributed by atoms with Crippen molar-refractivity contribution in [3.8, 4) is 0 Å². The summed E-state index contributed by atoms with van der Waals surface area (Å²) >= 11 is 3.34. The molecular weight excluding hydrogens is 368 g/mol. The summed E-state index contributed by atoms with van der Waals surface area (Å²) in [6, 6.07) is 8.63. The van der Waals surface area contributed by atoms with Gasteiger partial charge in [-0.25, -0.2) is 4.79 Å². The van der Waals surface area contributed by atoms with E-state index >= 15 is 0 Å². The van der Waals surface area contributed by atoms with Crippen molar-refractivity contribution in [1.82, 2.24) is 0 Å². The summed E-state index contributed by atoms with van der Waals surface area (Å²) < 4.78 is 21.8. The minimum Gasteiger partial charge on any atom is -0.458 e. The molecule has 7 heteroatoms. The van der Waals surface area contributed by atoms with Gasteiger partial charge in [-0.1, -0.05) is 34.1 Å². The average molecular weight is 387 g/mol. The predicted molar refractivity (Wildman–Crippen MR) is 85.3 cm³/mol. The van der Waals surface area contributed by atoms with E-state index in [1.807, 2.05) is 6.07 Å². The molecule has 0 bridgehead atoms. The molecule has 23 heavy (non-hydrogen) atoms. The van der Waals surface area contributed by atoms with Crippen LogP contribution < -0.4 is 0 Å². The van der Waals surface area contributed by atoms with Gasteiger partial charge in [0.25, 0.3) is 0 Å². The molecule has 1 aromatic rings. The first-order valence-corrected chi connectivity index (χ1v) is 8.34. The van der Waals surface area contributed by atoms with Crippen LogP contribution in [0.5, 0.6) is 0 Å². The molecule has 0 spiro atoms. The van der Waals surface area contributed by atoms with Crippen molar-refractivity contribution in [2.75, 3.05) is 12.4 Å². The summed E-state index contributed by atoms with van der Waals surface area (Å²) in [6.45, 7) is 1.32. The normalized spacial score (nSPS) is 27.3. The standard InChI is InChI=1S/C16H19BrO6/c1-10(18)21-12-8-14(20-2)22-13(9-17)15(12)23-16(19)11-6-4-3-5-7-11/h3-7,12-15H,8-9H2,1-2H3/t12-,13-,14-,15+/m1/s1. The number of hydrogen-bond donors (Lipinski definition) is 0. The molecule has 1 fully saturated rings. The number of rotatable bonds is 5. The minimum atomic E-state index is -0.711. The maximum Gasteiger partial charge on any atom is 0.338 e. The van der Waals surface area contributed by atoms with Crippen LogP contribution in [0.15, 0.2) is 30.3 Å². The molecule has 0 aliphatic carbocycles. The Morgan fingerprint density at radius 1 is 1.26 bits per heavy atom. The van der Waals surface area contributed by atoms with E-state index in [1.54, 1.807) is 24.3 Å². The summed E-state index contributed by atoms with van der Waals surface area (Å²) in [7, 11) is 1.51. The molecule has 1 aliphatic heterocycles. The van der Waals surface area contributed by atoms with Crippen molar-refractivity contribution in [3.63, 3.8) is 0 Å². The van der Waals surface area contributed by atoms with Crippen LogP contribution in [0.1, 0.15) is 23.7 Å². The van der Waals surface area contributed by atoms with Gasteiger partial charge in [-0.15, -0.1) is 0 Å². The Labute approximate surface area is 143 Å². The van der Waals surface area contributed by atoms with Crippen molar-refractivity contribution in [2.24, 2.45) is 0 Å². The highest BCUT2D eigenvalue weighted by molar-refractivity contribution is 9.09. The van der Waals surface area contributed by atoms with Gasteiger partial charge in [0.2, 0.25) is 0 Å². The zero-order chi connectivity index (χ0) is 16.8. The van der Waals surface area contributed by atoms with Crippen LogP contribution in [0.25, 0.3) is 0 Å². The van der Waals surface area contributed by atoms with Crippen LogP contribution in [0.3, 0.4) is 0 Å². The van der Waals surface area contributed by atoms with Gasteiger partial charge < -0.3 is 18.9 Å². The lowest BCUT2D eigenvalue weighted by molar-refractivity contribution is -0.241. The number of halogens is 1. The van der Waals surface area contributed by atoms with Crippen molar-refractivity contribution in [1.29, 1.82) is 0 Å². The number of carbonyl (C=O) groups is 2. The van der Waals surface area contributed by atoms with Gasteiger partial charge in [0.05, 0.1) is 5.56 Å². The molecule has 2 rings (SSSR count). The number of carbonyl (C=O) groups excluding carboxylic acids is 2. The van der Waals surface area contributed by atoms with Crippen LogP contribution in [-0.2, 0) is 23.7 Å². The first-order chi connectivity index (χ1) is 11.0. The van der Waals surface area contributed by atoms with Gasteiger partial charge >= 0.3 is 11.9 Å². The lowest BCUT2D eigenvalue weighted by Crippen LogP contribution is -2.53. The molecular formula is C16H19BrO6. The SMILES string of the molecule is CO[C@H]1C[C@@H](OC(C)=O)[C@H](OC(=O)c2ccccc2)[C@@H](CBr)O1. The smallest absolute Gasteiger partial charge is 0.338 e. The number of methoxy groups -OCH3 is 1. The van der Waals surface area contributed by atoms with Gasteiger partial charge in [-0.05, 0) is 12.1 Å². The number of alkyl halides is 1. The molecule has 6 nitrogen and oxygen atoms in total. The minimum absolute atomic E-state index is 0.298. The zero-order valence-electron chi connectivity index (χ0n) is 12.9. The molecule has 1 aromatic carbocycles. The molecule has 0 saturated carbocycles. The van der Waals surface area contributed by atoms with Gasteiger partial charge in [0, 0.05) is 25.8 Å². The summed E-state index contributed by atoms with van der Waals surface area (Å²) in [5, 5.41) is 0.414. The van der Waals surface area contributed by atoms with Gasteiger partial charge in [0.1, 0.15) is 12.2 Å². The van der Waals surface area contributed by atoms with E-state index in [2.05, 4.69) is 15.9 Å². The molecule has 1 heterocycles. The van der Waals surface area contributed by atoms with E-state index in [0.29, 0.717) is 17.3 Å². The molecule has 0 N–H and O–H groups in total. The third-order valence-electron chi connectivity index (χ3n) is 3.47. The second kappa shape index (κ2) is 8.42. The fourth-order valence-corrected chi connectivity index (χ4v) is 2.93. The fraction of sp³-hybridized carbons (Fsp3) is 0.500. The Bertz CT molecular complexity index is 535. The third kappa shape index (κ3) is 4.76. The van der Waals surface area contributed by atoms with Crippen LogP contribution in [0, 0.1) is 0 Å². The Kier molecular flexibility index (Phi) is 6.56. The predicted octanol–water partition coefficient (Wildman–Crippen LogP) is 2.30. The molecule has 0 aromatic heterocycles. The third-order valence-corrected chi connectivity index (χ3v) is 4.11. The number of hydrogen-bond acceptors (Lipinski definition) is 6. The van der Waals surface area contributed by atoms with Gasteiger partial charge in [-0.3, -0.25) is 4.79 Å². The summed E-state index contributed by atoms with van der Waals surface area (Å²) in [5.74, 6) is -0.931. The van der Waals surface area contributed by atoms with E-state index < -0.39 is 36.5 Å². The maximum atomic E-state index is 12.3. The molecule has 1 aliphatic rings. The van der Waals surface area contributed by atoms with E-state index in [4.69, 9.17) is 18.9 Å². The Morgan fingerprint density at radius 2 is 1.96 bits per heavy atom. The van der Waals surface area contributed by atoms with E-state index in [9.17, 15) is 9.59 Å². The summed E-state index contributed by atoms with van der Waals surface area (Å²) in [5.41, 5.74) is 0.427. The van der Waals surface area contributed by atoms with E-state index in [1.165, 1.54) is 14.0 Å². The van der Waals surface area contributed by atoms with Crippen molar-refractivity contribution in [3.05, 3.63) is 35.9 Å². The second-order valence-electron chi connectivity index (χ2n) is 5.11. The molecule has 126 valence electrons. The highest BCUT2D eigenvalue weighted by Crippen LogP contribution is 2.27. The molecule has 4 atom stereocenters. The van der Waals surface area contributed by atoms with E-state index in [-0.39, 0.29) is 0 Å². The molecule has 0 radical (unpaired) electrons. The topological polar surface area (TPSA) is 71.1 Å². The van der Waals surface area contributed by atoms with Crippen LogP contribution in [0.4, 0.5) is 0 Å². The summed E-state index contributed by atoms with van der Waals surface area (Å²) in [4.78, 5) is 23.6. The lowest BCUT2D eigenvalue weighted by Gasteiger charge is -2.39. The van der Waals surface area contributed by atoms with Crippen molar-refractivity contribution in [2.45, 2.75) is 37.9 Å². The number of benzene rings is 1. The maximum absolute atomic E-state index is 12.3. The largest absolute Gasteiger partial charge is 0.458 e. The summed E-state index contributed by atoms with van der Waals surface area (Å²) in [6.07, 6.45) is -2.04. The molecule has 1 saturated heterocycles. The highest BCUT2D eigenvalue weighted by atomic mass is 79.9. The van der Waals surface area contributed by atoms with Crippen molar-refractivity contribution >= 4 is 27.9 Å². The first kappa shape index (κ1) is 17.9. The highest BCUT2D eigenvalue weighted by Gasteiger charge is 2.43. The molecule has 0 amide bonds.